The second-order valence-corrected chi connectivity index (χ2v) is 3.31. The normalized spacial score (nSPS) is 13.5. The molecule has 2 rings (SSSR count). The summed E-state index contributed by atoms with van der Waals surface area (Å²) >= 11 is 0. The highest BCUT2D eigenvalue weighted by Crippen LogP contribution is 2.30. The number of aldehydes is 1. The first-order valence-electron chi connectivity index (χ1n) is 4.68. The summed E-state index contributed by atoms with van der Waals surface area (Å²) in [5.74, 6) is 0.884. The molecule has 0 N–H and O–H groups in total. The number of rotatable bonds is 2. The van der Waals surface area contributed by atoms with Crippen molar-refractivity contribution in [1.29, 1.82) is 0 Å². The summed E-state index contributed by atoms with van der Waals surface area (Å²) in [6, 6.07) is 3.67. The molecule has 0 saturated heterocycles. The van der Waals surface area contributed by atoms with E-state index in [4.69, 9.17) is 4.74 Å². The minimum Gasteiger partial charge on any atom is -0.496 e. The number of hydrogen-bond acceptors (Lipinski definition) is 2. The molecule has 72 valence electrons. The van der Waals surface area contributed by atoms with Crippen LogP contribution in [-0.2, 0) is 6.42 Å². The number of fused-ring (bicyclic) bond motifs is 1. The molecule has 0 heterocycles. The lowest BCUT2D eigenvalue weighted by atomic mass is 9.93. The Labute approximate surface area is 83.2 Å². The maximum Gasteiger partial charge on any atom is 0.150 e. The van der Waals surface area contributed by atoms with E-state index in [-0.39, 0.29) is 0 Å². The molecule has 0 saturated carbocycles. The Morgan fingerprint density at radius 2 is 2.29 bits per heavy atom. The van der Waals surface area contributed by atoms with Gasteiger partial charge in [-0.1, -0.05) is 12.2 Å². The topological polar surface area (TPSA) is 26.3 Å². The summed E-state index contributed by atoms with van der Waals surface area (Å²) in [6.45, 7) is 0. The quantitative estimate of drug-likeness (QED) is 0.666. The fraction of sp³-hybridized carbons (Fsp3) is 0.250. The highest BCUT2D eigenvalue weighted by atomic mass is 16.5. The Balaban J connectivity index is 2.63. The lowest BCUT2D eigenvalue weighted by Crippen LogP contribution is -2.01. The standard InChI is InChI=1S/C12H12O2/c1-14-12-7-6-9(8-13)10-4-2-3-5-11(10)12/h2,4,6-8H,3,5H2,1H3. The number of hydrogen-bond donors (Lipinski definition) is 0. The fourth-order valence-corrected chi connectivity index (χ4v) is 1.84. The summed E-state index contributed by atoms with van der Waals surface area (Å²) < 4.78 is 5.26. The molecular formula is C12H12O2. The Bertz CT molecular complexity index is 392. The lowest BCUT2D eigenvalue weighted by molar-refractivity contribution is 0.112. The molecule has 0 aromatic heterocycles. The summed E-state index contributed by atoms with van der Waals surface area (Å²) in [5, 5.41) is 0. The largest absolute Gasteiger partial charge is 0.496 e. The lowest BCUT2D eigenvalue weighted by Gasteiger charge is -2.15. The van der Waals surface area contributed by atoms with Crippen molar-refractivity contribution >= 4 is 12.4 Å². The number of benzene rings is 1. The highest BCUT2D eigenvalue weighted by Gasteiger charge is 2.13. The summed E-state index contributed by atoms with van der Waals surface area (Å²) in [4.78, 5) is 10.8. The van der Waals surface area contributed by atoms with Crippen LogP contribution in [-0.4, -0.2) is 13.4 Å². The van der Waals surface area contributed by atoms with Gasteiger partial charge in [-0.25, -0.2) is 0 Å². The Morgan fingerprint density at radius 3 is 3.00 bits per heavy atom. The molecule has 1 aliphatic rings. The van der Waals surface area contributed by atoms with Gasteiger partial charge in [-0.2, -0.15) is 0 Å². The van der Waals surface area contributed by atoms with E-state index in [9.17, 15) is 4.79 Å². The molecule has 1 aromatic carbocycles. The van der Waals surface area contributed by atoms with E-state index in [1.807, 2.05) is 12.1 Å². The maximum atomic E-state index is 10.8. The van der Waals surface area contributed by atoms with Crippen molar-refractivity contribution in [2.75, 3.05) is 7.11 Å². The van der Waals surface area contributed by atoms with Crippen LogP contribution in [0.1, 0.15) is 27.9 Å². The van der Waals surface area contributed by atoms with E-state index in [1.165, 1.54) is 0 Å². The van der Waals surface area contributed by atoms with Crippen LogP contribution < -0.4 is 4.74 Å². The molecule has 1 aromatic rings. The smallest absolute Gasteiger partial charge is 0.150 e. The zero-order chi connectivity index (χ0) is 9.97. The number of carbonyl (C=O) groups excluding carboxylic acids is 1. The van der Waals surface area contributed by atoms with E-state index in [2.05, 4.69) is 6.08 Å². The van der Waals surface area contributed by atoms with Crippen LogP contribution in [0.3, 0.4) is 0 Å². The summed E-state index contributed by atoms with van der Waals surface area (Å²) in [7, 11) is 1.66. The predicted octanol–water partition coefficient (Wildman–Crippen LogP) is 2.47. The first-order valence-corrected chi connectivity index (χ1v) is 4.68. The minimum atomic E-state index is 0.747. The maximum absolute atomic E-state index is 10.8. The van der Waals surface area contributed by atoms with Gasteiger partial charge in [0.05, 0.1) is 7.11 Å². The Kier molecular flexibility index (Phi) is 2.35. The van der Waals surface area contributed by atoms with Crippen LogP contribution in [0, 0.1) is 0 Å². The molecule has 0 radical (unpaired) electrons. The number of allylic oxidation sites excluding steroid dienone is 1. The third-order valence-corrected chi connectivity index (χ3v) is 2.54. The van der Waals surface area contributed by atoms with Gasteiger partial charge in [0.15, 0.2) is 6.29 Å². The van der Waals surface area contributed by atoms with Crippen LogP contribution in [0.25, 0.3) is 6.08 Å². The van der Waals surface area contributed by atoms with Crippen molar-refractivity contribution in [3.8, 4) is 5.75 Å². The van der Waals surface area contributed by atoms with Crippen LogP contribution in [0.15, 0.2) is 18.2 Å². The van der Waals surface area contributed by atoms with Crippen LogP contribution in [0.5, 0.6) is 5.75 Å². The van der Waals surface area contributed by atoms with Gasteiger partial charge in [0, 0.05) is 11.1 Å². The van der Waals surface area contributed by atoms with E-state index in [0.29, 0.717) is 0 Å². The molecule has 14 heavy (non-hydrogen) atoms. The van der Waals surface area contributed by atoms with Gasteiger partial charge in [-0.05, 0) is 30.5 Å². The Morgan fingerprint density at radius 1 is 1.43 bits per heavy atom. The van der Waals surface area contributed by atoms with Crippen LogP contribution in [0.2, 0.25) is 0 Å². The van der Waals surface area contributed by atoms with Gasteiger partial charge in [-0.3, -0.25) is 4.79 Å². The molecule has 2 heteroatoms. The molecule has 0 unspecified atom stereocenters. The number of ether oxygens (including phenoxy) is 1. The first kappa shape index (κ1) is 9.00. The predicted molar refractivity (Wildman–Crippen MR) is 55.7 cm³/mol. The minimum absolute atomic E-state index is 0.747. The SMILES string of the molecule is COc1ccc(C=O)c2c1CCC=C2. The van der Waals surface area contributed by atoms with Crippen molar-refractivity contribution in [2.45, 2.75) is 12.8 Å². The number of methoxy groups -OCH3 is 1. The zero-order valence-electron chi connectivity index (χ0n) is 8.12. The van der Waals surface area contributed by atoms with E-state index < -0.39 is 0 Å². The van der Waals surface area contributed by atoms with Crippen LogP contribution >= 0.6 is 0 Å². The molecule has 0 atom stereocenters. The third-order valence-electron chi connectivity index (χ3n) is 2.54. The van der Waals surface area contributed by atoms with E-state index in [1.54, 1.807) is 13.2 Å². The number of carbonyl (C=O) groups is 1. The van der Waals surface area contributed by atoms with Gasteiger partial charge in [0.25, 0.3) is 0 Å². The first-order chi connectivity index (χ1) is 6.86. The summed E-state index contributed by atoms with van der Waals surface area (Å²) in [6.07, 6.45) is 6.97. The van der Waals surface area contributed by atoms with Crippen LogP contribution in [0.4, 0.5) is 0 Å². The second-order valence-electron chi connectivity index (χ2n) is 3.31. The average molecular weight is 188 g/mol. The van der Waals surface area contributed by atoms with Crippen molar-refractivity contribution in [3.05, 3.63) is 34.9 Å². The van der Waals surface area contributed by atoms with Crippen molar-refractivity contribution in [1.82, 2.24) is 0 Å². The van der Waals surface area contributed by atoms with E-state index in [0.717, 1.165) is 41.6 Å². The molecule has 0 fully saturated rings. The van der Waals surface area contributed by atoms with Crippen molar-refractivity contribution in [2.24, 2.45) is 0 Å². The molecule has 0 spiro atoms. The molecular weight excluding hydrogens is 176 g/mol. The van der Waals surface area contributed by atoms with Crippen molar-refractivity contribution < 1.29 is 9.53 Å². The van der Waals surface area contributed by atoms with Gasteiger partial charge >= 0.3 is 0 Å². The third kappa shape index (κ3) is 1.33. The summed E-state index contributed by atoms with van der Waals surface area (Å²) in [5.41, 5.74) is 2.92. The van der Waals surface area contributed by atoms with E-state index >= 15 is 0 Å². The molecule has 0 bridgehead atoms. The van der Waals surface area contributed by atoms with Gasteiger partial charge in [0.1, 0.15) is 5.75 Å². The van der Waals surface area contributed by atoms with Gasteiger partial charge in [0.2, 0.25) is 0 Å². The zero-order valence-corrected chi connectivity index (χ0v) is 8.12. The highest BCUT2D eigenvalue weighted by molar-refractivity contribution is 5.84. The average Bonchev–Trinajstić information content (AvgIpc) is 2.27. The molecule has 0 amide bonds. The Hall–Kier alpha value is -1.57. The second kappa shape index (κ2) is 3.66. The van der Waals surface area contributed by atoms with Gasteiger partial charge < -0.3 is 4.74 Å². The van der Waals surface area contributed by atoms with Crippen molar-refractivity contribution in [3.63, 3.8) is 0 Å². The molecule has 2 nitrogen and oxygen atoms in total. The molecule has 1 aliphatic carbocycles. The van der Waals surface area contributed by atoms with Gasteiger partial charge in [-0.15, -0.1) is 0 Å². The molecule has 0 aliphatic heterocycles. The fourth-order valence-electron chi connectivity index (χ4n) is 1.84. The monoisotopic (exact) mass is 188 g/mol.